The van der Waals surface area contributed by atoms with Crippen LogP contribution in [0.25, 0.3) is 0 Å². The summed E-state index contributed by atoms with van der Waals surface area (Å²) in [6.45, 7) is 13.5. The van der Waals surface area contributed by atoms with Gasteiger partial charge in [-0.05, 0) is 0 Å². The van der Waals surface area contributed by atoms with Crippen molar-refractivity contribution in [3.8, 4) is 0 Å². The molecule has 0 fully saturated rings. The summed E-state index contributed by atoms with van der Waals surface area (Å²) in [6.07, 6.45) is 0.538. The Morgan fingerprint density at radius 3 is 0.750 bits per heavy atom. The number of hydrogen-bond acceptors (Lipinski definition) is 6. The molecule has 0 heterocycles. The van der Waals surface area contributed by atoms with Crippen LogP contribution >= 0.6 is 0 Å². The lowest BCUT2D eigenvalue weighted by Gasteiger charge is -2.14. The van der Waals surface area contributed by atoms with Crippen molar-refractivity contribution in [2.75, 3.05) is 0 Å². The Morgan fingerprint density at radius 1 is 0.500 bits per heavy atom. The molecule has 0 rings (SSSR count). The summed E-state index contributed by atoms with van der Waals surface area (Å²) in [5.74, 6) is -0.293. The van der Waals surface area contributed by atoms with Gasteiger partial charge in [-0.1, -0.05) is 37.5 Å². The summed E-state index contributed by atoms with van der Waals surface area (Å²) >= 11 is 0. The molecule has 0 saturated carbocycles. The van der Waals surface area contributed by atoms with E-state index >= 15 is 0 Å². The number of aliphatic hydroxyl groups is 4. The van der Waals surface area contributed by atoms with Crippen molar-refractivity contribution < 1.29 is 20.4 Å². The quantitative estimate of drug-likeness (QED) is 0.286. The van der Waals surface area contributed by atoms with E-state index in [2.05, 4.69) is 26.3 Å². The minimum atomic E-state index is -0.0733. The van der Waals surface area contributed by atoms with Crippen LogP contribution < -0.4 is 12.3 Å². The van der Waals surface area contributed by atoms with Gasteiger partial charge < -0.3 is 32.7 Å². The van der Waals surface area contributed by atoms with Crippen molar-refractivity contribution >= 4 is 0 Å². The Labute approximate surface area is 119 Å². The van der Waals surface area contributed by atoms with E-state index in [1.165, 1.54) is 0 Å². The predicted molar refractivity (Wildman–Crippen MR) is 82.6 cm³/mol. The number of allylic oxidation sites excluding steroid dienone is 4. The highest BCUT2D eigenvalue weighted by atomic mass is 16.3. The molecule has 6 heteroatoms. The first kappa shape index (κ1) is 23.0. The van der Waals surface area contributed by atoms with Gasteiger partial charge in [0, 0.05) is 25.7 Å². The lowest BCUT2D eigenvalue weighted by atomic mass is 9.94. The fourth-order valence-electron chi connectivity index (χ4n) is 1.61. The first-order chi connectivity index (χ1) is 8.22. The molecule has 0 aromatic rings. The zero-order valence-corrected chi connectivity index (χ0v) is 11.9. The Morgan fingerprint density at radius 2 is 0.650 bits per heavy atom. The Bertz CT molecular complexity index is 337. The van der Waals surface area contributed by atoms with Gasteiger partial charge in [0.2, 0.25) is 0 Å². The lowest BCUT2D eigenvalue weighted by Crippen LogP contribution is -1.99. The SMILES string of the molecule is C=C(O)CC(CC(=C)O)=C(CC(=C)O)CC(=C)O.N.N. The molecule has 10 N–H and O–H groups in total. The second kappa shape index (κ2) is 10.7. The molecule has 0 spiro atoms. The Hall–Kier alpha value is -2.18. The van der Waals surface area contributed by atoms with Crippen LogP contribution in [-0.2, 0) is 0 Å². The van der Waals surface area contributed by atoms with Crippen LogP contribution in [0.4, 0.5) is 0 Å². The van der Waals surface area contributed by atoms with Crippen LogP contribution in [-0.4, -0.2) is 20.4 Å². The maximum atomic E-state index is 9.24. The van der Waals surface area contributed by atoms with Crippen LogP contribution in [0.1, 0.15) is 25.7 Å². The zero-order valence-electron chi connectivity index (χ0n) is 11.9. The van der Waals surface area contributed by atoms with E-state index < -0.39 is 0 Å². The van der Waals surface area contributed by atoms with Gasteiger partial charge in [0.05, 0.1) is 23.0 Å². The third-order valence-electron chi connectivity index (χ3n) is 2.17. The predicted octanol–water partition coefficient (Wildman–Crippen LogP) is 4.45. The van der Waals surface area contributed by atoms with E-state index in [1.54, 1.807) is 0 Å². The summed E-state index contributed by atoms with van der Waals surface area (Å²) < 4.78 is 0. The van der Waals surface area contributed by atoms with Gasteiger partial charge in [-0.3, -0.25) is 0 Å². The maximum absolute atomic E-state index is 9.24. The zero-order chi connectivity index (χ0) is 14.3. The molecule has 0 radical (unpaired) electrons. The van der Waals surface area contributed by atoms with Crippen molar-refractivity contribution in [3.63, 3.8) is 0 Å². The Kier molecular flexibility index (Phi) is 12.3. The molecule has 0 bridgehead atoms. The van der Waals surface area contributed by atoms with Gasteiger partial charge in [0.25, 0.3) is 0 Å². The molecule has 0 aliphatic rings. The van der Waals surface area contributed by atoms with Crippen molar-refractivity contribution in [2.45, 2.75) is 25.7 Å². The molecule has 20 heavy (non-hydrogen) atoms. The highest BCUT2D eigenvalue weighted by molar-refractivity contribution is 5.26. The van der Waals surface area contributed by atoms with E-state index in [0.717, 1.165) is 0 Å². The van der Waals surface area contributed by atoms with Crippen LogP contribution in [0, 0.1) is 0 Å². The summed E-state index contributed by atoms with van der Waals surface area (Å²) in [4.78, 5) is 0. The van der Waals surface area contributed by atoms with Gasteiger partial charge in [-0.25, -0.2) is 0 Å². The van der Waals surface area contributed by atoms with Crippen LogP contribution in [0.3, 0.4) is 0 Å². The maximum Gasteiger partial charge on any atom is 0.0891 e. The van der Waals surface area contributed by atoms with Crippen molar-refractivity contribution in [2.24, 2.45) is 0 Å². The van der Waals surface area contributed by atoms with E-state index in [4.69, 9.17) is 0 Å². The second-order valence-electron chi connectivity index (χ2n) is 4.18. The average molecular weight is 286 g/mol. The molecule has 0 atom stereocenters. The van der Waals surface area contributed by atoms with Gasteiger partial charge in [0.1, 0.15) is 0 Å². The number of aliphatic hydroxyl groups excluding tert-OH is 4. The van der Waals surface area contributed by atoms with Crippen molar-refractivity contribution in [3.05, 3.63) is 60.5 Å². The first-order valence-corrected chi connectivity index (χ1v) is 5.39. The molecular formula is C14H26N2O4. The average Bonchev–Trinajstić information content (AvgIpc) is 2.12. The summed E-state index contributed by atoms with van der Waals surface area (Å²) in [7, 11) is 0. The molecule has 0 aliphatic heterocycles. The summed E-state index contributed by atoms with van der Waals surface area (Å²) in [6, 6.07) is 0. The fraction of sp³-hybridized carbons (Fsp3) is 0.286. The normalized spacial score (nSPS) is 8.60. The fourth-order valence-corrected chi connectivity index (χ4v) is 1.61. The number of rotatable bonds is 8. The van der Waals surface area contributed by atoms with Crippen LogP contribution in [0.5, 0.6) is 0 Å². The highest BCUT2D eigenvalue weighted by Gasteiger charge is 2.12. The van der Waals surface area contributed by atoms with Crippen LogP contribution in [0.2, 0.25) is 0 Å². The second-order valence-corrected chi connectivity index (χ2v) is 4.18. The van der Waals surface area contributed by atoms with E-state index in [0.29, 0.717) is 11.1 Å². The monoisotopic (exact) mass is 286 g/mol. The molecule has 0 aliphatic carbocycles. The largest absolute Gasteiger partial charge is 0.513 e. The molecule has 0 aromatic heterocycles. The highest BCUT2D eigenvalue weighted by Crippen LogP contribution is 2.27. The molecule has 0 unspecified atom stereocenters. The van der Waals surface area contributed by atoms with Gasteiger partial charge in [0.15, 0.2) is 0 Å². The molecule has 6 nitrogen and oxygen atoms in total. The van der Waals surface area contributed by atoms with Gasteiger partial charge in [-0.2, -0.15) is 0 Å². The molecular weight excluding hydrogens is 260 g/mol. The van der Waals surface area contributed by atoms with E-state index in [-0.39, 0.29) is 61.0 Å². The minimum Gasteiger partial charge on any atom is -0.513 e. The first-order valence-electron chi connectivity index (χ1n) is 5.39. The standard InChI is InChI=1S/C14H20O4.2H3N/c1-9(15)5-13(6-10(2)16)14(7-11(3)17)8-12(4)18;;/h15-18H,1-8H2;2*1H3. The molecule has 0 saturated heterocycles. The van der Waals surface area contributed by atoms with Crippen molar-refractivity contribution in [1.29, 1.82) is 0 Å². The molecule has 116 valence electrons. The van der Waals surface area contributed by atoms with Gasteiger partial charge >= 0.3 is 0 Å². The minimum absolute atomic E-state index is 0. The molecule has 0 amide bonds. The van der Waals surface area contributed by atoms with E-state index in [9.17, 15) is 20.4 Å². The Balaban J connectivity index is -0.00000144. The topological polar surface area (TPSA) is 151 Å². The number of hydrogen-bond donors (Lipinski definition) is 6. The van der Waals surface area contributed by atoms with Crippen molar-refractivity contribution in [1.82, 2.24) is 12.3 Å². The van der Waals surface area contributed by atoms with E-state index in [1.807, 2.05) is 0 Å². The van der Waals surface area contributed by atoms with Crippen LogP contribution in [0.15, 0.2) is 60.5 Å². The van der Waals surface area contributed by atoms with Gasteiger partial charge in [-0.15, -0.1) is 0 Å². The summed E-state index contributed by atoms with van der Waals surface area (Å²) in [5, 5.41) is 37.0. The lowest BCUT2D eigenvalue weighted by molar-refractivity contribution is 0.373. The third kappa shape index (κ3) is 10.9. The smallest absolute Gasteiger partial charge is 0.0891 e. The summed E-state index contributed by atoms with van der Waals surface area (Å²) in [5.41, 5.74) is 1.25. The third-order valence-corrected chi connectivity index (χ3v) is 2.17. The molecule has 0 aromatic carbocycles.